The number of carbonyl (C=O) groups is 2. The molecule has 0 bridgehead atoms. The van der Waals surface area contributed by atoms with Gasteiger partial charge in [-0.3, -0.25) is 9.59 Å². The van der Waals surface area contributed by atoms with Gasteiger partial charge in [0.25, 0.3) is 5.91 Å². The molecular weight excluding hydrogens is 335 g/mol. The lowest BCUT2D eigenvalue weighted by Gasteiger charge is -2.38. The first-order valence-electron chi connectivity index (χ1n) is 9.50. The predicted octanol–water partition coefficient (Wildman–Crippen LogP) is 2.32. The average Bonchev–Trinajstić information content (AvgIpc) is 3.31. The van der Waals surface area contributed by atoms with Crippen LogP contribution >= 0.6 is 0 Å². The van der Waals surface area contributed by atoms with Crippen LogP contribution in [0.3, 0.4) is 0 Å². The molecule has 0 aliphatic carbocycles. The van der Waals surface area contributed by atoms with Crippen molar-refractivity contribution < 1.29 is 18.7 Å². The Morgan fingerprint density at radius 1 is 1.04 bits per heavy atom. The molecule has 3 aliphatic rings. The summed E-state index contributed by atoms with van der Waals surface area (Å²) in [5.41, 5.74) is 0.288. The Kier molecular flexibility index (Phi) is 4.69. The van der Waals surface area contributed by atoms with Crippen LogP contribution in [-0.4, -0.2) is 61.0 Å². The Bertz CT molecular complexity index is 679. The molecule has 0 N–H and O–H groups in total. The molecule has 1 aromatic rings. The number of amides is 2. The molecule has 140 valence electrons. The average molecular weight is 360 g/mol. The third-order valence-electron chi connectivity index (χ3n) is 6.23. The molecule has 6 heteroatoms. The molecule has 3 aliphatic heterocycles. The minimum absolute atomic E-state index is 0.118. The molecule has 3 saturated heterocycles. The first-order chi connectivity index (χ1) is 12.6. The van der Waals surface area contributed by atoms with Gasteiger partial charge in [-0.25, -0.2) is 4.39 Å². The number of carbonyl (C=O) groups excluding carboxylic acids is 2. The molecule has 2 amide bonds. The maximum atomic E-state index is 13.2. The molecular formula is C20H25FN2O3. The number of ether oxygens (including phenoxy) is 1. The number of nitrogens with zero attached hydrogens (tertiary/aromatic N) is 2. The van der Waals surface area contributed by atoms with Crippen LogP contribution in [0.2, 0.25) is 0 Å². The van der Waals surface area contributed by atoms with Crippen LogP contribution in [0.4, 0.5) is 4.39 Å². The third-order valence-corrected chi connectivity index (χ3v) is 6.23. The fraction of sp³-hybridized carbons (Fsp3) is 0.600. The fourth-order valence-corrected chi connectivity index (χ4v) is 4.68. The van der Waals surface area contributed by atoms with Crippen molar-refractivity contribution >= 4 is 11.8 Å². The van der Waals surface area contributed by atoms with E-state index in [0.29, 0.717) is 31.9 Å². The topological polar surface area (TPSA) is 49.9 Å². The monoisotopic (exact) mass is 360 g/mol. The molecule has 0 aromatic heterocycles. The highest BCUT2D eigenvalue weighted by atomic mass is 19.1. The molecule has 0 saturated carbocycles. The van der Waals surface area contributed by atoms with Crippen molar-refractivity contribution in [2.45, 2.75) is 25.7 Å². The number of benzene rings is 1. The van der Waals surface area contributed by atoms with Crippen LogP contribution in [0.1, 0.15) is 36.0 Å². The van der Waals surface area contributed by atoms with Gasteiger partial charge in [0, 0.05) is 50.4 Å². The summed E-state index contributed by atoms with van der Waals surface area (Å²) in [6.45, 7) is 3.97. The second kappa shape index (κ2) is 6.99. The van der Waals surface area contributed by atoms with E-state index in [9.17, 15) is 14.0 Å². The zero-order chi connectivity index (χ0) is 18.1. The molecule has 0 radical (unpaired) electrons. The Morgan fingerprint density at radius 2 is 1.69 bits per heavy atom. The largest absolute Gasteiger partial charge is 0.381 e. The highest BCUT2D eigenvalue weighted by Gasteiger charge is 2.52. The van der Waals surface area contributed by atoms with Gasteiger partial charge in [0.05, 0.1) is 5.92 Å². The van der Waals surface area contributed by atoms with Gasteiger partial charge < -0.3 is 14.5 Å². The van der Waals surface area contributed by atoms with Crippen LogP contribution in [0.5, 0.6) is 0 Å². The summed E-state index contributed by atoms with van der Waals surface area (Å²) in [6.07, 6.45) is 3.74. The van der Waals surface area contributed by atoms with Gasteiger partial charge in [-0.05, 0) is 49.9 Å². The highest BCUT2D eigenvalue weighted by Crippen LogP contribution is 2.45. The van der Waals surface area contributed by atoms with Crippen molar-refractivity contribution in [2.75, 3.05) is 39.4 Å². The van der Waals surface area contributed by atoms with E-state index in [0.717, 1.165) is 38.8 Å². The first kappa shape index (κ1) is 17.5. The molecule has 4 rings (SSSR count). The van der Waals surface area contributed by atoms with Crippen LogP contribution in [0.25, 0.3) is 0 Å². The Labute approximate surface area is 153 Å². The summed E-state index contributed by atoms with van der Waals surface area (Å²) in [7, 11) is 0. The predicted molar refractivity (Wildman–Crippen MR) is 94.1 cm³/mol. The van der Waals surface area contributed by atoms with Gasteiger partial charge in [-0.2, -0.15) is 0 Å². The highest BCUT2D eigenvalue weighted by molar-refractivity contribution is 5.95. The van der Waals surface area contributed by atoms with Gasteiger partial charge in [0.15, 0.2) is 0 Å². The van der Waals surface area contributed by atoms with Gasteiger partial charge in [-0.1, -0.05) is 0 Å². The summed E-state index contributed by atoms with van der Waals surface area (Å²) >= 11 is 0. The SMILES string of the molecule is O=C(c1ccc(F)cc1)N1C[C@@H](C(=O)N2CCCC2)C2(CCOCC2)C1. The number of hydrogen-bond acceptors (Lipinski definition) is 3. The van der Waals surface area contributed by atoms with Gasteiger partial charge in [-0.15, -0.1) is 0 Å². The molecule has 26 heavy (non-hydrogen) atoms. The Hall–Kier alpha value is -1.95. The summed E-state index contributed by atoms with van der Waals surface area (Å²) in [5.74, 6) is -0.439. The zero-order valence-corrected chi connectivity index (χ0v) is 15.0. The van der Waals surface area contributed by atoms with Gasteiger partial charge in [0.1, 0.15) is 5.82 Å². The molecule has 1 aromatic carbocycles. The first-order valence-corrected chi connectivity index (χ1v) is 9.50. The zero-order valence-electron chi connectivity index (χ0n) is 15.0. The summed E-state index contributed by atoms with van der Waals surface area (Å²) in [4.78, 5) is 29.8. The molecule has 3 heterocycles. The van der Waals surface area contributed by atoms with Crippen molar-refractivity contribution in [3.8, 4) is 0 Å². The van der Waals surface area contributed by atoms with E-state index in [2.05, 4.69) is 0 Å². The smallest absolute Gasteiger partial charge is 0.253 e. The lowest BCUT2D eigenvalue weighted by atomic mass is 9.71. The van der Waals surface area contributed by atoms with E-state index < -0.39 is 0 Å². The van der Waals surface area contributed by atoms with Crippen LogP contribution in [0.15, 0.2) is 24.3 Å². The van der Waals surface area contributed by atoms with E-state index in [1.807, 2.05) is 4.90 Å². The minimum atomic E-state index is -0.356. The lowest BCUT2D eigenvalue weighted by molar-refractivity contribution is -0.139. The standard InChI is InChI=1S/C20H25FN2O3/c21-16-5-3-15(4-6-16)18(24)23-13-17(19(25)22-9-1-2-10-22)20(14-23)7-11-26-12-8-20/h3-6,17H,1-2,7-14H2/t17-/m0/s1. The van der Waals surface area contributed by atoms with Crippen molar-refractivity contribution in [2.24, 2.45) is 11.3 Å². The van der Waals surface area contributed by atoms with E-state index in [1.165, 1.54) is 24.3 Å². The van der Waals surface area contributed by atoms with E-state index in [-0.39, 0.29) is 29.0 Å². The summed E-state index contributed by atoms with van der Waals surface area (Å²) < 4.78 is 18.7. The van der Waals surface area contributed by atoms with Crippen molar-refractivity contribution in [1.82, 2.24) is 9.80 Å². The molecule has 1 atom stereocenters. The van der Waals surface area contributed by atoms with Gasteiger partial charge >= 0.3 is 0 Å². The van der Waals surface area contributed by atoms with E-state index >= 15 is 0 Å². The molecule has 1 spiro atoms. The van der Waals surface area contributed by atoms with Crippen LogP contribution in [0, 0.1) is 17.2 Å². The lowest BCUT2D eigenvalue weighted by Crippen LogP contribution is -2.45. The normalized spacial score (nSPS) is 25.0. The van der Waals surface area contributed by atoms with Crippen molar-refractivity contribution in [3.63, 3.8) is 0 Å². The third kappa shape index (κ3) is 3.11. The summed E-state index contributed by atoms with van der Waals surface area (Å²) in [5, 5.41) is 0. The van der Waals surface area contributed by atoms with Crippen LogP contribution < -0.4 is 0 Å². The molecule has 5 nitrogen and oxygen atoms in total. The fourth-order valence-electron chi connectivity index (χ4n) is 4.68. The van der Waals surface area contributed by atoms with Gasteiger partial charge in [0.2, 0.25) is 5.91 Å². The molecule has 3 fully saturated rings. The minimum Gasteiger partial charge on any atom is -0.381 e. The van der Waals surface area contributed by atoms with E-state index in [1.54, 1.807) is 4.90 Å². The molecule has 0 unspecified atom stereocenters. The van der Waals surface area contributed by atoms with Crippen LogP contribution in [-0.2, 0) is 9.53 Å². The number of hydrogen-bond donors (Lipinski definition) is 0. The Balaban J connectivity index is 1.57. The second-order valence-electron chi connectivity index (χ2n) is 7.75. The second-order valence-corrected chi connectivity index (χ2v) is 7.75. The van der Waals surface area contributed by atoms with E-state index in [4.69, 9.17) is 4.74 Å². The summed E-state index contributed by atoms with van der Waals surface area (Å²) in [6, 6.07) is 5.65. The quantitative estimate of drug-likeness (QED) is 0.813. The Morgan fingerprint density at radius 3 is 2.35 bits per heavy atom. The maximum absolute atomic E-state index is 13.2. The van der Waals surface area contributed by atoms with Crippen molar-refractivity contribution in [1.29, 1.82) is 0 Å². The maximum Gasteiger partial charge on any atom is 0.253 e. The number of halogens is 1. The number of rotatable bonds is 2. The number of likely N-dealkylation sites (tertiary alicyclic amines) is 2. The van der Waals surface area contributed by atoms with Crippen molar-refractivity contribution in [3.05, 3.63) is 35.6 Å².